The van der Waals surface area contributed by atoms with Crippen LogP contribution in [0.4, 0.5) is 0 Å². The monoisotopic (exact) mass is 1050 g/mol. The van der Waals surface area contributed by atoms with E-state index in [0.29, 0.717) is 23.9 Å². The molecule has 0 aromatic rings. The lowest BCUT2D eigenvalue weighted by molar-refractivity contribution is -0.870. The van der Waals surface area contributed by atoms with Crippen LogP contribution in [0.5, 0.6) is 0 Å². The topological polar surface area (TPSA) is 111 Å². The zero-order valence-electron chi connectivity index (χ0n) is 47.5. The van der Waals surface area contributed by atoms with Crippen LogP contribution in [0.3, 0.4) is 0 Å². The molecule has 0 aliphatic heterocycles. The number of allylic oxidation sites excluding steroid dienone is 22. The molecule has 0 saturated heterocycles. The van der Waals surface area contributed by atoms with Crippen LogP contribution >= 0.6 is 7.82 Å². The van der Waals surface area contributed by atoms with Crippen LogP contribution in [0.25, 0.3) is 0 Å². The van der Waals surface area contributed by atoms with Gasteiger partial charge in [0.2, 0.25) is 0 Å². The lowest BCUT2D eigenvalue weighted by Crippen LogP contribution is -2.37. The third-order valence-electron chi connectivity index (χ3n) is 11.7. The van der Waals surface area contributed by atoms with Crippen LogP contribution < -0.4 is 4.89 Å². The molecule has 2 unspecified atom stereocenters. The minimum Gasteiger partial charge on any atom is -0.756 e. The Kier molecular flexibility index (Phi) is 51.2. The summed E-state index contributed by atoms with van der Waals surface area (Å²) in [5.41, 5.74) is 0. The standard InChI is InChI=1S/C64H106NO8P/c1-6-8-10-12-14-16-18-20-22-24-26-27-28-29-30-31-32-33-34-35-36-37-39-41-43-45-47-49-51-53-55-57-64(67)73-62(61-72-74(68,69)71-59-58-65(3,4)5)60-70-63(66)56-54-52-50-48-46-44-42-40-38-25-23-21-19-17-15-13-11-9-7-2/h8,10,14-17,20-23,26-27,29-30,32-33,35-36,38-41,62H,6-7,9,11-13,18-19,24-25,28,31,34,37,42-61H2,1-5H3/b10-8-,16-14-,17-15-,22-20-,23-21-,27-26-,30-29-,33-32-,36-35-,40-38-,41-39-. The lowest BCUT2D eigenvalue weighted by atomic mass is 10.1. The van der Waals surface area contributed by atoms with Crippen LogP contribution in [0.1, 0.15) is 206 Å². The Balaban J connectivity index is 4.27. The highest BCUT2D eigenvalue weighted by atomic mass is 31.2. The number of phosphoric acid groups is 1. The Morgan fingerprint density at radius 1 is 0.432 bits per heavy atom. The predicted octanol–water partition coefficient (Wildman–Crippen LogP) is 17.5. The van der Waals surface area contributed by atoms with Gasteiger partial charge in [-0.1, -0.05) is 212 Å². The summed E-state index contributed by atoms with van der Waals surface area (Å²) >= 11 is 0. The number of phosphoric ester groups is 1. The van der Waals surface area contributed by atoms with Crippen LogP contribution in [0.2, 0.25) is 0 Å². The number of ether oxygens (including phenoxy) is 2. The van der Waals surface area contributed by atoms with Crippen molar-refractivity contribution in [1.29, 1.82) is 0 Å². The Morgan fingerprint density at radius 2 is 0.770 bits per heavy atom. The number of hydrogen-bond donors (Lipinski definition) is 0. The highest BCUT2D eigenvalue weighted by Crippen LogP contribution is 2.38. The molecule has 420 valence electrons. The average molecular weight is 1050 g/mol. The highest BCUT2D eigenvalue weighted by Gasteiger charge is 2.21. The molecule has 0 aromatic heterocycles. The molecule has 0 N–H and O–H groups in total. The largest absolute Gasteiger partial charge is 0.756 e. The molecule has 0 bridgehead atoms. The first kappa shape index (κ1) is 70.1. The maximum Gasteiger partial charge on any atom is 0.306 e. The van der Waals surface area contributed by atoms with Crippen LogP contribution in [-0.2, 0) is 32.7 Å². The average Bonchev–Trinajstić information content (AvgIpc) is 3.36. The number of nitrogens with zero attached hydrogens (tertiary/aromatic N) is 1. The van der Waals surface area contributed by atoms with E-state index < -0.39 is 32.5 Å². The molecule has 0 amide bonds. The van der Waals surface area contributed by atoms with E-state index >= 15 is 0 Å². The maximum atomic E-state index is 12.8. The Hall–Kier alpha value is -3.85. The summed E-state index contributed by atoms with van der Waals surface area (Å²) in [6, 6.07) is 0. The molecule has 0 rings (SSSR count). The van der Waals surface area contributed by atoms with E-state index in [-0.39, 0.29) is 26.1 Å². The molecular weight excluding hydrogens is 942 g/mol. The Bertz CT molecular complexity index is 1710. The first-order valence-electron chi connectivity index (χ1n) is 28.9. The van der Waals surface area contributed by atoms with Gasteiger partial charge in [0, 0.05) is 12.8 Å². The molecule has 74 heavy (non-hydrogen) atoms. The third kappa shape index (κ3) is 57.4. The van der Waals surface area contributed by atoms with Gasteiger partial charge in [0.1, 0.15) is 19.8 Å². The van der Waals surface area contributed by atoms with Gasteiger partial charge < -0.3 is 27.9 Å². The first-order chi connectivity index (χ1) is 36.0. The summed E-state index contributed by atoms with van der Waals surface area (Å²) in [7, 11) is 1.13. The highest BCUT2D eigenvalue weighted by molar-refractivity contribution is 7.45. The summed E-state index contributed by atoms with van der Waals surface area (Å²) in [6.07, 6.45) is 77.7. The number of carbonyl (C=O) groups is 2. The molecule has 10 heteroatoms. The molecule has 0 spiro atoms. The number of unbranched alkanes of at least 4 members (excludes halogenated alkanes) is 15. The first-order valence-corrected chi connectivity index (χ1v) is 30.4. The SMILES string of the molecule is CC/C=C\C/C=C\C/C=C\C/C=C\C/C=C\C/C=C\C/C=C\C/C=C\CCCCCCCCC(=O)OC(COC(=O)CCCCCCCC/C=C\C/C=C\C/C=C\CCCCC)COP(=O)([O-])OCC[N+](C)(C)C. The van der Waals surface area contributed by atoms with Crippen molar-refractivity contribution in [2.45, 2.75) is 213 Å². The van der Waals surface area contributed by atoms with Gasteiger partial charge in [-0.15, -0.1) is 0 Å². The fraction of sp³-hybridized carbons (Fsp3) is 0.625. The molecule has 0 fully saturated rings. The van der Waals surface area contributed by atoms with Crippen molar-refractivity contribution in [3.05, 3.63) is 134 Å². The molecule has 0 aliphatic carbocycles. The van der Waals surface area contributed by atoms with Crippen molar-refractivity contribution in [3.8, 4) is 0 Å². The third-order valence-corrected chi connectivity index (χ3v) is 12.6. The number of rotatable bonds is 51. The van der Waals surface area contributed by atoms with Gasteiger partial charge in [0.05, 0.1) is 27.7 Å². The summed E-state index contributed by atoms with van der Waals surface area (Å²) in [4.78, 5) is 37.9. The summed E-state index contributed by atoms with van der Waals surface area (Å²) in [5, 5.41) is 0. The molecule has 0 heterocycles. The minimum absolute atomic E-state index is 0.0442. The zero-order valence-corrected chi connectivity index (χ0v) is 48.4. The molecule has 0 aliphatic rings. The van der Waals surface area contributed by atoms with Crippen LogP contribution in [-0.4, -0.2) is 70.0 Å². The Labute approximate surface area is 453 Å². The smallest absolute Gasteiger partial charge is 0.306 e. The van der Waals surface area contributed by atoms with Gasteiger partial charge in [-0.05, 0) is 116 Å². The van der Waals surface area contributed by atoms with Crippen molar-refractivity contribution in [1.82, 2.24) is 0 Å². The molecular formula is C64H106NO8P. The second kappa shape index (κ2) is 54.0. The van der Waals surface area contributed by atoms with Gasteiger partial charge >= 0.3 is 11.9 Å². The van der Waals surface area contributed by atoms with Gasteiger partial charge in [-0.25, -0.2) is 0 Å². The molecule has 2 atom stereocenters. The Morgan fingerprint density at radius 3 is 1.15 bits per heavy atom. The molecule has 0 aromatic carbocycles. The van der Waals surface area contributed by atoms with E-state index in [2.05, 4.69) is 148 Å². The minimum atomic E-state index is -4.65. The lowest BCUT2D eigenvalue weighted by Gasteiger charge is -2.28. The number of likely N-dealkylation sites (N-methyl/N-ethyl adjacent to an activating group) is 1. The van der Waals surface area contributed by atoms with E-state index in [1.165, 1.54) is 25.7 Å². The second-order valence-corrected chi connectivity index (χ2v) is 21.3. The van der Waals surface area contributed by atoms with Crippen molar-refractivity contribution >= 4 is 19.8 Å². The van der Waals surface area contributed by atoms with Gasteiger partial charge in [0.25, 0.3) is 7.82 Å². The second-order valence-electron chi connectivity index (χ2n) is 19.9. The van der Waals surface area contributed by atoms with Gasteiger partial charge in [0.15, 0.2) is 6.10 Å². The number of carbonyl (C=O) groups excluding carboxylic acids is 2. The number of quaternary nitrogens is 1. The van der Waals surface area contributed by atoms with E-state index in [1.807, 2.05) is 21.1 Å². The van der Waals surface area contributed by atoms with Crippen molar-refractivity contribution in [2.24, 2.45) is 0 Å². The summed E-state index contributed by atoms with van der Waals surface area (Å²) in [6.45, 7) is 4.04. The number of hydrogen-bond acceptors (Lipinski definition) is 8. The van der Waals surface area contributed by atoms with E-state index in [4.69, 9.17) is 18.5 Å². The molecule has 0 radical (unpaired) electrons. The summed E-state index contributed by atoms with van der Waals surface area (Å²) in [5.74, 6) is -0.876. The van der Waals surface area contributed by atoms with Crippen LogP contribution in [0, 0.1) is 0 Å². The fourth-order valence-electron chi connectivity index (χ4n) is 7.21. The van der Waals surface area contributed by atoms with Crippen LogP contribution in [0.15, 0.2) is 134 Å². The van der Waals surface area contributed by atoms with Gasteiger partial charge in [-0.2, -0.15) is 0 Å². The quantitative estimate of drug-likeness (QED) is 0.0195. The van der Waals surface area contributed by atoms with Crippen molar-refractivity contribution in [2.75, 3.05) is 47.5 Å². The van der Waals surface area contributed by atoms with Crippen molar-refractivity contribution in [3.63, 3.8) is 0 Å². The maximum absolute atomic E-state index is 12.8. The van der Waals surface area contributed by atoms with E-state index in [0.717, 1.165) is 141 Å². The predicted molar refractivity (Wildman–Crippen MR) is 314 cm³/mol. The van der Waals surface area contributed by atoms with Gasteiger partial charge in [-0.3, -0.25) is 14.2 Å². The molecule has 0 saturated carbocycles. The van der Waals surface area contributed by atoms with Crippen molar-refractivity contribution < 1.29 is 42.1 Å². The normalized spacial score (nSPS) is 14.3. The van der Waals surface area contributed by atoms with E-state index in [9.17, 15) is 19.0 Å². The molecule has 9 nitrogen and oxygen atoms in total. The fourth-order valence-corrected chi connectivity index (χ4v) is 7.93. The summed E-state index contributed by atoms with van der Waals surface area (Å²) < 4.78 is 34.1. The zero-order chi connectivity index (χ0) is 54.2. The van der Waals surface area contributed by atoms with E-state index in [1.54, 1.807) is 0 Å². The number of esters is 2.